The van der Waals surface area contributed by atoms with Crippen LogP contribution in [0.3, 0.4) is 0 Å². The van der Waals surface area contributed by atoms with Gasteiger partial charge >= 0.3 is 0 Å². The molecule has 0 radical (unpaired) electrons. The Morgan fingerprint density at radius 2 is 2.00 bits per heavy atom. The van der Waals surface area contributed by atoms with Gasteiger partial charge in [-0.25, -0.2) is 0 Å². The molecule has 2 aliphatic heterocycles. The lowest BCUT2D eigenvalue weighted by molar-refractivity contribution is 0.268. The van der Waals surface area contributed by atoms with Crippen LogP contribution in [0, 0.1) is 0 Å². The lowest BCUT2D eigenvalue weighted by Gasteiger charge is -2.49. The van der Waals surface area contributed by atoms with Crippen molar-refractivity contribution in [2.24, 2.45) is 0 Å². The van der Waals surface area contributed by atoms with Gasteiger partial charge in [-0.05, 0) is 67.6 Å². The molecule has 2 aromatic rings. The fourth-order valence-electron chi connectivity index (χ4n) is 3.88. The number of benzene rings is 2. The maximum atomic E-state index is 3.65. The molecule has 0 aliphatic carbocycles. The summed E-state index contributed by atoms with van der Waals surface area (Å²) in [6.45, 7) is 1.07. The molecule has 1 atom stereocenters. The molecule has 24 heavy (non-hydrogen) atoms. The van der Waals surface area contributed by atoms with Gasteiger partial charge in [-0.15, -0.1) is 0 Å². The molecule has 2 N–H and O–H groups in total. The van der Waals surface area contributed by atoms with Gasteiger partial charge in [0.25, 0.3) is 0 Å². The van der Waals surface area contributed by atoms with E-state index in [0.717, 1.165) is 13.0 Å². The Balaban J connectivity index is 1.78. The Labute approximate surface area is 148 Å². The van der Waals surface area contributed by atoms with Crippen molar-refractivity contribution in [3.05, 3.63) is 65.9 Å². The van der Waals surface area contributed by atoms with Crippen LogP contribution in [0.5, 0.6) is 0 Å². The Bertz CT molecular complexity index is 744. The fourth-order valence-corrected chi connectivity index (χ4v) is 4.58. The zero-order chi connectivity index (χ0) is 16.4. The van der Waals surface area contributed by atoms with Crippen LogP contribution in [-0.4, -0.2) is 13.6 Å². The monoisotopic (exact) mass is 337 g/mol. The summed E-state index contributed by atoms with van der Waals surface area (Å²) in [4.78, 5) is 3.84. The average molecular weight is 337 g/mol. The van der Waals surface area contributed by atoms with Gasteiger partial charge < -0.3 is 9.62 Å². The van der Waals surface area contributed by atoms with Crippen molar-refractivity contribution in [3.63, 3.8) is 0 Å². The molecule has 0 bridgehead atoms. The summed E-state index contributed by atoms with van der Waals surface area (Å²) in [6, 6.07) is 17.7. The van der Waals surface area contributed by atoms with Crippen molar-refractivity contribution >= 4 is 23.7 Å². The van der Waals surface area contributed by atoms with E-state index in [9.17, 15) is 0 Å². The Morgan fingerprint density at radius 1 is 1.12 bits per heavy atom. The normalized spacial score (nSPS) is 22.8. The number of piperidine rings is 1. The second-order valence-corrected chi connectivity index (χ2v) is 7.24. The smallest absolute Gasteiger partial charge is 0.117 e. The highest BCUT2D eigenvalue weighted by molar-refractivity contribution is 7.97. The SMILES string of the molecule is CNC1(c2ccccc2)CCCCN1c1ccc2c(c1)SNC=C2. The van der Waals surface area contributed by atoms with Crippen LogP contribution in [0.15, 0.2) is 59.6 Å². The lowest BCUT2D eigenvalue weighted by atomic mass is 9.87. The van der Waals surface area contributed by atoms with Crippen LogP contribution in [0.25, 0.3) is 6.08 Å². The minimum absolute atomic E-state index is 0.129. The third kappa shape index (κ3) is 2.60. The highest BCUT2D eigenvalue weighted by Crippen LogP contribution is 2.40. The van der Waals surface area contributed by atoms with Gasteiger partial charge in [-0.3, -0.25) is 5.32 Å². The highest BCUT2D eigenvalue weighted by Gasteiger charge is 2.39. The van der Waals surface area contributed by atoms with E-state index in [1.165, 1.54) is 34.6 Å². The molecule has 1 saturated heterocycles. The Kier molecular flexibility index (Phi) is 4.25. The predicted octanol–water partition coefficient (Wildman–Crippen LogP) is 4.33. The lowest BCUT2D eigenvalue weighted by Crippen LogP contribution is -2.57. The van der Waals surface area contributed by atoms with Crippen molar-refractivity contribution in [1.82, 2.24) is 10.0 Å². The van der Waals surface area contributed by atoms with E-state index >= 15 is 0 Å². The van der Waals surface area contributed by atoms with Crippen LogP contribution in [0.1, 0.15) is 30.4 Å². The Hall–Kier alpha value is -1.91. The van der Waals surface area contributed by atoms with Crippen LogP contribution in [0.4, 0.5) is 5.69 Å². The third-order valence-corrected chi connectivity index (χ3v) is 5.93. The summed E-state index contributed by atoms with van der Waals surface area (Å²) in [5.74, 6) is 0. The van der Waals surface area contributed by atoms with Crippen molar-refractivity contribution in [1.29, 1.82) is 0 Å². The first-order valence-electron chi connectivity index (χ1n) is 8.58. The third-order valence-electron chi connectivity index (χ3n) is 5.10. The van der Waals surface area contributed by atoms with Crippen LogP contribution in [-0.2, 0) is 5.66 Å². The van der Waals surface area contributed by atoms with E-state index in [1.807, 2.05) is 6.20 Å². The number of hydrogen-bond acceptors (Lipinski definition) is 4. The summed E-state index contributed by atoms with van der Waals surface area (Å²) in [7, 11) is 2.09. The van der Waals surface area contributed by atoms with Gasteiger partial charge in [0.15, 0.2) is 0 Å². The summed E-state index contributed by atoms with van der Waals surface area (Å²) >= 11 is 1.69. The van der Waals surface area contributed by atoms with Crippen molar-refractivity contribution in [2.75, 3.05) is 18.5 Å². The molecule has 124 valence electrons. The second kappa shape index (κ2) is 6.54. The van der Waals surface area contributed by atoms with Gasteiger partial charge in [0.05, 0.1) is 0 Å². The molecule has 0 saturated carbocycles. The van der Waals surface area contributed by atoms with Gasteiger partial charge in [0, 0.05) is 23.3 Å². The molecule has 0 aromatic heterocycles. The summed E-state index contributed by atoms with van der Waals surface area (Å²) < 4.78 is 3.24. The second-order valence-electron chi connectivity index (χ2n) is 6.36. The number of hydrogen-bond donors (Lipinski definition) is 2. The van der Waals surface area contributed by atoms with Crippen LogP contribution < -0.4 is 14.9 Å². The number of nitrogens with zero attached hydrogens (tertiary/aromatic N) is 1. The number of nitrogens with one attached hydrogen (secondary N) is 2. The topological polar surface area (TPSA) is 27.3 Å². The number of anilines is 1. The molecule has 0 spiro atoms. The summed E-state index contributed by atoms with van der Waals surface area (Å²) in [5, 5.41) is 3.65. The van der Waals surface area contributed by atoms with Crippen LogP contribution >= 0.6 is 11.9 Å². The molecule has 1 fully saturated rings. The maximum absolute atomic E-state index is 3.65. The fraction of sp³-hybridized carbons (Fsp3) is 0.300. The molecule has 0 amide bonds. The van der Waals surface area contributed by atoms with E-state index in [0.29, 0.717) is 0 Å². The van der Waals surface area contributed by atoms with Crippen molar-refractivity contribution in [2.45, 2.75) is 29.8 Å². The van der Waals surface area contributed by atoms with Crippen molar-refractivity contribution < 1.29 is 0 Å². The molecule has 2 heterocycles. The highest BCUT2D eigenvalue weighted by atomic mass is 32.2. The maximum Gasteiger partial charge on any atom is 0.117 e. The molecule has 4 rings (SSSR count). The van der Waals surface area contributed by atoms with Crippen LogP contribution in [0.2, 0.25) is 0 Å². The number of rotatable bonds is 3. The quantitative estimate of drug-likeness (QED) is 0.815. The molecular formula is C20H23N3S. The zero-order valence-electron chi connectivity index (χ0n) is 14.0. The molecular weight excluding hydrogens is 314 g/mol. The van der Waals surface area contributed by atoms with E-state index < -0.39 is 0 Å². The predicted molar refractivity (Wildman–Crippen MR) is 103 cm³/mol. The summed E-state index contributed by atoms with van der Waals surface area (Å²) in [6.07, 6.45) is 7.73. The van der Waals surface area contributed by atoms with E-state index in [1.54, 1.807) is 11.9 Å². The van der Waals surface area contributed by atoms with E-state index in [-0.39, 0.29) is 5.66 Å². The van der Waals surface area contributed by atoms with Gasteiger partial charge in [-0.1, -0.05) is 36.4 Å². The molecule has 2 aromatic carbocycles. The standard InChI is InChI=1S/C20H23N3S/c1-21-20(17-7-3-2-4-8-17)12-5-6-14-23(20)18-10-9-16-11-13-22-24-19(16)15-18/h2-4,7-11,13,15,21-22H,5-6,12,14H2,1H3. The zero-order valence-corrected chi connectivity index (χ0v) is 14.8. The van der Waals surface area contributed by atoms with E-state index in [2.05, 4.69) is 76.6 Å². The number of fused-ring (bicyclic) bond motifs is 1. The molecule has 3 nitrogen and oxygen atoms in total. The average Bonchev–Trinajstić information content (AvgIpc) is 2.68. The van der Waals surface area contributed by atoms with Gasteiger partial charge in [-0.2, -0.15) is 0 Å². The minimum Gasteiger partial charge on any atom is -0.349 e. The molecule has 2 aliphatic rings. The van der Waals surface area contributed by atoms with Gasteiger partial charge in [0.2, 0.25) is 0 Å². The first kappa shape index (κ1) is 15.6. The first-order chi connectivity index (χ1) is 11.8. The Morgan fingerprint density at radius 3 is 2.83 bits per heavy atom. The minimum atomic E-state index is -0.129. The first-order valence-corrected chi connectivity index (χ1v) is 9.40. The molecule has 4 heteroatoms. The van der Waals surface area contributed by atoms with E-state index in [4.69, 9.17) is 0 Å². The van der Waals surface area contributed by atoms with Crippen molar-refractivity contribution in [3.8, 4) is 0 Å². The van der Waals surface area contributed by atoms with Gasteiger partial charge in [0.1, 0.15) is 5.66 Å². The summed E-state index contributed by atoms with van der Waals surface area (Å²) in [5.41, 5.74) is 3.79. The largest absolute Gasteiger partial charge is 0.349 e. The molecule has 1 unspecified atom stereocenters.